The molecule has 0 heterocycles. The van der Waals surface area contributed by atoms with Crippen LogP contribution in [-0.2, 0) is 24.1 Å². The summed E-state index contributed by atoms with van der Waals surface area (Å²) in [6, 6.07) is 13.6. The summed E-state index contributed by atoms with van der Waals surface area (Å²) in [5.74, 6) is 0. The third-order valence-corrected chi connectivity index (χ3v) is 5.95. The quantitative estimate of drug-likeness (QED) is 0.586. The molecule has 4 heteroatoms. The molecular weight excluding hydrogens is 312 g/mol. The Bertz CT molecular complexity index is 688. The van der Waals surface area contributed by atoms with Gasteiger partial charge in [-0.05, 0) is 17.9 Å². The van der Waals surface area contributed by atoms with Crippen LogP contribution >= 0.6 is 0 Å². The molecule has 0 saturated heterocycles. The van der Waals surface area contributed by atoms with Crippen LogP contribution in [0, 0.1) is 0 Å². The molecule has 2 aromatic rings. The van der Waals surface area contributed by atoms with Crippen molar-refractivity contribution in [3.63, 3.8) is 0 Å². The predicted octanol–water partition coefficient (Wildman–Crippen LogP) is 5.24. The van der Waals surface area contributed by atoms with Crippen LogP contribution in [-0.4, -0.2) is 10.8 Å². The van der Waals surface area contributed by atoms with Crippen molar-refractivity contribution in [2.75, 3.05) is 6.61 Å². The van der Waals surface area contributed by atoms with E-state index < -0.39 is 8.77 Å². The summed E-state index contributed by atoms with van der Waals surface area (Å²) in [5.41, 5.74) is 0. The van der Waals surface area contributed by atoms with Crippen molar-refractivity contribution in [1.82, 2.24) is 0 Å². The van der Waals surface area contributed by atoms with E-state index in [2.05, 4.69) is 6.92 Å². The van der Waals surface area contributed by atoms with Crippen molar-refractivity contribution in [2.24, 2.45) is 0 Å². The monoisotopic (exact) mass is 336 g/mol. The number of hydrogen-bond acceptors (Lipinski definition) is 3. The number of fused-ring (bicyclic) bond motifs is 1. The van der Waals surface area contributed by atoms with E-state index in [9.17, 15) is 4.21 Å². The molecule has 0 fully saturated rings. The predicted molar refractivity (Wildman–Crippen MR) is 97.0 cm³/mol. The second-order valence-corrected chi connectivity index (χ2v) is 8.42. The average Bonchev–Trinajstić information content (AvgIpc) is 2.53. The zero-order valence-corrected chi connectivity index (χ0v) is 14.8. The van der Waals surface area contributed by atoms with Crippen LogP contribution in [0.15, 0.2) is 47.4 Å². The Labute approximate surface area is 138 Å². The average molecular weight is 337 g/mol. The van der Waals surface area contributed by atoms with Crippen LogP contribution in [0.4, 0.5) is 0 Å². The van der Waals surface area contributed by atoms with E-state index in [1.807, 2.05) is 42.5 Å². The lowest BCUT2D eigenvalue weighted by atomic mass is 10.1. The topological polar surface area (TPSA) is 26.3 Å². The highest BCUT2D eigenvalue weighted by molar-refractivity contribution is 8.30. The Hall–Kier alpha value is -0.970. The molecule has 0 bridgehead atoms. The molecular formula is C18H24O2S2. The molecule has 0 aliphatic heterocycles. The summed E-state index contributed by atoms with van der Waals surface area (Å²) < 4.78 is 18.3. The summed E-state index contributed by atoms with van der Waals surface area (Å²) in [6.45, 7) is 2.68. The fourth-order valence-corrected chi connectivity index (χ4v) is 4.33. The van der Waals surface area contributed by atoms with Crippen LogP contribution < -0.4 is 0 Å². The van der Waals surface area contributed by atoms with Crippen LogP contribution in [0.3, 0.4) is 0 Å². The molecule has 0 aromatic heterocycles. The molecule has 1 unspecified atom stereocenters. The Morgan fingerprint density at radius 2 is 1.64 bits per heavy atom. The van der Waals surface area contributed by atoms with Gasteiger partial charge >= 0.3 is 0 Å². The third kappa shape index (κ3) is 4.77. The lowest BCUT2D eigenvalue weighted by Gasteiger charge is -2.11. The van der Waals surface area contributed by atoms with Gasteiger partial charge in [0, 0.05) is 16.6 Å². The normalized spacial score (nSPS) is 14.0. The summed E-state index contributed by atoms with van der Waals surface area (Å²) in [5, 5.41) is 1.97. The van der Waals surface area contributed by atoms with Gasteiger partial charge < -0.3 is 0 Å². The molecule has 2 rings (SSSR count). The maximum Gasteiger partial charge on any atom is 0.174 e. The van der Waals surface area contributed by atoms with Gasteiger partial charge in [-0.3, -0.25) is 4.18 Å². The molecule has 0 saturated carbocycles. The highest BCUT2D eigenvalue weighted by Gasteiger charge is 2.13. The molecule has 0 radical (unpaired) electrons. The van der Waals surface area contributed by atoms with Crippen molar-refractivity contribution in [3.05, 3.63) is 42.5 Å². The first-order valence-corrected chi connectivity index (χ1v) is 10.4. The molecule has 22 heavy (non-hydrogen) atoms. The van der Waals surface area contributed by atoms with E-state index in [4.69, 9.17) is 15.4 Å². The van der Waals surface area contributed by atoms with E-state index in [0.29, 0.717) is 11.5 Å². The van der Waals surface area contributed by atoms with Crippen molar-refractivity contribution in [2.45, 2.75) is 50.3 Å². The maximum atomic E-state index is 12.7. The fourth-order valence-electron chi connectivity index (χ4n) is 2.53. The highest BCUT2D eigenvalue weighted by Crippen LogP contribution is 2.24. The number of benzene rings is 2. The van der Waals surface area contributed by atoms with E-state index in [1.54, 1.807) is 0 Å². The standard InChI is InChI=1S/C18H24O2S2/c1-2-3-4-5-6-9-15-20-22(19,21)18-14-10-12-16-11-7-8-13-17(16)18/h7-8,10-14H,2-6,9,15H2,1H3. The number of unbranched alkanes of at least 4 members (excludes halogenated alkanes) is 5. The van der Waals surface area contributed by atoms with E-state index in [0.717, 1.165) is 23.6 Å². The smallest absolute Gasteiger partial charge is 0.174 e. The zero-order chi connectivity index (χ0) is 15.8. The molecule has 0 aliphatic carbocycles. The minimum absolute atomic E-state index is 0.470. The molecule has 0 spiro atoms. The van der Waals surface area contributed by atoms with Crippen molar-refractivity contribution in [3.8, 4) is 0 Å². The number of hydrogen-bond donors (Lipinski definition) is 0. The molecule has 0 N–H and O–H groups in total. The van der Waals surface area contributed by atoms with E-state index >= 15 is 0 Å². The van der Waals surface area contributed by atoms with Gasteiger partial charge in [-0.2, -0.15) is 0 Å². The van der Waals surface area contributed by atoms with Gasteiger partial charge in [0.1, 0.15) is 0 Å². The lowest BCUT2D eigenvalue weighted by Crippen LogP contribution is -2.07. The van der Waals surface area contributed by atoms with Crippen molar-refractivity contribution in [1.29, 1.82) is 0 Å². The van der Waals surface area contributed by atoms with Crippen LogP contribution in [0.5, 0.6) is 0 Å². The van der Waals surface area contributed by atoms with Crippen molar-refractivity contribution < 1.29 is 8.39 Å². The van der Waals surface area contributed by atoms with Gasteiger partial charge in [0.25, 0.3) is 0 Å². The van der Waals surface area contributed by atoms with Crippen LogP contribution in [0.25, 0.3) is 10.8 Å². The van der Waals surface area contributed by atoms with Gasteiger partial charge in [0.15, 0.2) is 8.77 Å². The largest absolute Gasteiger partial charge is 0.286 e. The molecule has 120 valence electrons. The second-order valence-electron chi connectivity index (χ2n) is 5.52. The zero-order valence-electron chi connectivity index (χ0n) is 13.1. The Balaban J connectivity index is 1.95. The summed E-state index contributed by atoms with van der Waals surface area (Å²) in [7, 11) is -2.85. The SMILES string of the molecule is CCCCCCCCOS(=O)(=S)c1cccc2ccccc12. The van der Waals surface area contributed by atoms with Crippen molar-refractivity contribution >= 4 is 30.7 Å². The Kier molecular flexibility index (Phi) is 6.80. The highest BCUT2D eigenvalue weighted by atomic mass is 32.8. The Morgan fingerprint density at radius 3 is 2.45 bits per heavy atom. The minimum Gasteiger partial charge on any atom is -0.286 e. The van der Waals surface area contributed by atoms with Gasteiger partial charge in [-0.15, -0.1) is 0 Å². The van der Waals surface area contributed by atoms with Gasteiger partial charge in [0.05, 0.1) is 11.5 Å². The first-order valence-electron chi connectivity index (χ1n) is 8.02. The molecule has 2 nitrogen and oxygen atoms in total. The van der Waals surface area contributed by atoms with Crippen LogP contribution in [0.2, 0.25) is 0 Å². The van der Waals surface area contributed by atoms with Gasteiger partial charge in [0.2, 0.25) is 0 Å². The molecule has 1 atom stereocenters. The second kappa shape index (κ2) is 8.61. The third-order valence-electron chi connectivity index (χ3n) is 3.76. The fraction of sp³-hybridized carbons (Fsp3) is 0.444. The maximum absolute atomic E-state index is 12.7. The summed E-state index contributed by atoms with van der Waals surface area (Å²) >= 11 is 5.26. The minimum atomic E-state index is -2.85. The Morgan fingerprint density at radius 1 is 0.955 bits per heavy atom. The van der Waals surface area contributed by atoms with E-state index in [1.165, 1.54) is 25.7 Å². The van der Waals surface area contributed by atoms with E-state index in [-0.39, 0.29) is 0 Å². The van der Waals surface area contributed by atoms with Gasteiger partial charge in [-0.25, -0.2) is 4.21 Å². The lowest BCUT2D eigenvalue weighted by molar-refractivity contribution is 0.331. The summed E-state index contributed by atoms with van der Waals surface area (Å²) in [6.07, 6.45) is 7.04. The van der Waals surface area contributed by atoms with Gasteiger partial charge in [-0.1, -0.05) is 75.4 Å². The van der Waals surface area contributed by atoms with Crippen LogP contribution in [0.1, 0.15) is 45.4 Å². The molecule has 0 aliphatic rings. The first-order chi connectivity index (χ1) is 10.6. The molecule has 2 aromatic carbocycles. The summed E-state index contributed by atoms with van der Waals surface area (Å²) in [4.78, 5) is 0.631. The first kappa shape index (κ1) is 17.4. The number of rotatable bonds is 9. The molecule has 0 amide bonds.